The van der Waals surface area contributed by atoms with Crippen LogP contribution in [0.25, 0.3) is 0 Å². The van der Waals surface area contributed by atoms with Crippen LogP contribution in [0, 0.1) is 0 Å². The number of aliphatic hydroxyl groups is 2. The van der Waals surface area contributed by atoms with Crippen molar-refractivity contribution in [3.8, 4) is 0 Å². The zero-order valence-corrected chi connectivity index (χ0v) is 4.82. The van der Waals surface area contributed by atoms with Crippen LogP contribution < -0.4 is 5.32 Å². The number of nitrogens with one attached hydrogen (secondary N) is 1. The highest BCUT2D eigenvalue weighted by atomic mass is 16.3. The summed E-state index contributed by atoms with van der Waals surface area (Å²) < 4.78 is 0. The summed E-state index contributed by atoms with van der Waals surface area (Å²) >= 11 is 0. The average molecular weight is 131 g/mol. The summed E-state index contributed by atoms with van der Waals surface area (Å²) in [6, 6.07) is -0.583. The molecule has 0 saturated carbocycles. The minimum absolute atomic E-state index is 0.296. The lowest BCUT2D eigenvalue weighted by Gasteiger charge is -2.07. The smallest absolute Gasteiger partial charge is 0.139 e. The lowest BCUT2D eigenvalue weighted by Crippen LogP contribution is -2.33. The molecule has 1 aliphatic rings. The van der Waals surface area contributed by atoms with E-state index in [1.165, 1.54) is 0 Å². The quantitative estimate of drug-likeness (QED) is 0.356. The van der Waals surface area contributed by atoms with Crippen LogP contribution in [0.5, 0.6) is 0 Å². The Morgan fingerprint density at radius 3 is 2.44 bits per heavy atom. The summed E-state index contributed by atoms with van der Waals surface area (Å²) in [5.41, 5.74) is 0. The van der Waals surface area contributed by atoms with Gasteiger partial charge in [0.1, 0.15) is 12.4 Å². The van der Waals surface area contributed by atoms with Crippen LogP contribution in [0.3, 0.4) is 0 Å². The molecule has 0 bridgehead atoms. The Morgan fingerprint density at radius 1 is 1.56 bits per heavy atom. The fourth-order valence-corrected chi connectivity index (χ4v) is 0.866. The number of rotatable bonds is 1. The van der Waals surface area contributed by atoms with Crippen molar-refractivity contribution in [3.05, 3.63) is 0 Å². The first kappa shape index (κ1) is 6.67. The highest BCUT2D eigenvalue weighted by molar-refractivity contribution is 5.59. The predicted octanol–water partition coefficient (Wildman–Crippen LogP) is -2.12. The molecule has 1 heterocycles. The van der Waals surface area contributed by atoms with Gasteiger partial charge in [0.25, 0.3) is 0 Å². The Morgan fingerprint density at radius 2 is 2.22 bits per heavy atom. The second kappa shape index (κ2) is 2.43. The Bertz CT molecular complexity index is 117. The lowest BCUT2D eigenvalue weighted by atomic mass is 10.2. The fraction of sp³-hybridized carbons (Fsp3) is 0.800. The van der Waals surface area contributed by atoms with E-state index >= 15 is 0 Å². The number of carbonyl (C=O) groups is 1. The van der Waals surface area contributed by atoms with Gasteiger partial charge < -0.3 is 20.3 Å². The molecule has 52 valence electrons. The summed E-state index contributed by atoms with van der Waals surface area (Å²) in [5, 5.41) is 20.4. The van der Waals surface area contributed by atoms with Crippen LogP contribution in [0.4, 0.5) is 0 Å². The molecule has 9 heavy (non-hydrogen) atoms. The molecule has 4 nitrogen and oxygen atoms in total. The van der Waals surface area contributed by atoms with E-state index in [4.69, 9.17) is 10.2 Å². The van der Waals surface area contributed by atoms with Crippen LogP contribution in [0.15, 0.2) is 0 Å². The summed E-state index contributed by atoms with van der Waals surface area (Å²) in [7, 11) is 0. The molecule has 0 spiro atoms. The fourth-order valence-electron chi connectivity index (χ4n) is 0.866. The zero-order chi connectivity index (χ0) is 6.85. The van der Waals surface area contributed by atoms with Crippen LogP contribution in [0.2, 0.25) is 0 Å². The van der Waals surface area contributed by atoms with Crippen LogP contribution in [-0.2, 0) is 4.79 Å². The van der Waals surface area contributed by atoms with Crippen molar-refractivity contribution in [1.82, 2.24) is 5.32 Å². The Hall–Kier alpha value is -0.450. The number of aliphatic hydroxyl groups excluding tert-OH is 2. The van der Waals surface area contributed by atoms with Gasteiger partial charge in [-0.3, -0.25) is 0 Å². The zero-order valence-electron chi connectivity index (χ0n) is 4.82. The molecule has 1 fully saturated rings. The van der Waals surface area contributed by atoms with Gasteiger partial charge >= 0.3 is 0 Å². The van der Waals surface area contributed by atoms with Gasteiger partial charge in [0, 0.05) is 6.54 Å². The van der Waals surface area contributed by atoms with E-state index in [1.54, 1.807) is 0 Å². The molecule has 4 heteroatoms. The minimum atomic E-state index is -0.928. The third-order valence-electron chi connectivity index (χ3n) is 1.47. The SMILES string of the molecule is O=CC1NC[C@@H](O)[C@@H]1O. The normalized spacial score (nSPS) is 43.1. The van der Waals surface area contributed by atoms with Gasteiger partial charge in [-0.1, -0.05) is 0 Å². The Labute approximate surface area is 52.5 Å². The van der Waals surface area contributed by atoms with Gasteiger partial charge in [0.2, 0.25) is 0 Å². The van der Waals surface area contributed by atoms with E-state index in [9.17, 15) is 4.79 Å². The topological polar surface area (TPSA) is 69.6 Å². The third kappa shape index (κ3) is 1.10. The molecule has 0 radical (unpaired) electrons. The summed E-state index contributed by atoms with van der Waals surface area (Å²) in [6.45, 7) is 0.296. The standard InChI is InChI=1S/C5H9NO3/c7-2-3-5(9)4(8)1-6-3/h2-6,8-9H,1H2/t3?,4-,5-/m1/s1. The maximum absolute atomic E-state index is 10.0. The molecule has 0 aromatic rings. The van der Waals surface area contributed by atoms with Crippen LogP contribution in [0.1, 0.15) is 0 Å². The van der Waals surface area contributed by atoms with E-state index in [0.29, 0.717) is 12.8 Å². The number of β-amino-alcohol motifs (C(OH)–C–C–N with tert-alkyl or cyclic N) is 1. The van der Waals surface area contributed by atoms with E-state index in [0.717, 1.165) is 0 Å². The molecule has 1 unspecified atom stereocenters. The van der Waals surface area contributed by atoms with Gasteiger partial charge in [-0.15, -0.1) is 0 Å². The van der Waals surface area contributed by atoms with Crippen molar-refractivity contribution in [1.29, 1.82) is 0 Å². The lowest BCUT2D eigenvalue weighted by molar-refractivity contribution is -0.111. The van der Waals surface area contributed by atoms with Crippen molar-refractivity contribution in [2.24, 2.45) is 0 Å². The van der Waals surface area contributed by atoms with Gasteiger partial charge in [0.15, 0.2) is 0 Å². The first-order valence-electron chi connectivity index (χ1n) is 2.80. The largest absolute Gasteiger partial charge is 0.389 e. The summed E-state index contributed by atoms with van der Waals surface area (Å²) in [4.78, 5) is 10.0. The average Bonchev–Trinajstić information content (AvgIpc) is 2.15. The Kier molecular flexibility index (Phi) is 1.80. The third-order valence-corrected chi connectivity index (χ3v) is 1.47. The number of aldehydes is 1. The van der Waals surface area contributed by atoms with E-state index in [2.05, 4.69) is 5.32 Å². The second-order valence-corrected chi connectivity index (χ2v) is 2.13. The predicted molar refractivity (Wildman–Crippen MR) is 29.9 cm³/mol. The van der Waals surface area contributed by atoms with E-state index < -0.39 is 18.2 Å². The minimum Gasteiger partial charge on any atom is -0.389 e. The van der Waals surface area contributed by atoms with E-state index in [1.807, 2.05) is 0 Å². The molecule has 1 aliphatic heterocycles. The monoisotopic (exact) mass is 131 g/mol. The van der Waals surface area contributed by atoms with Gasteiger partial charge in [-0.2, -0.15) is 0 Å². The number of carbonyl (C=O) groups excluding carboxylic acids is 1. The number of hydrogen-bond acceptors (Lipinski definition) is 4. The maximum atomic E-state index is 10.0. The van der Waals surface area contributed by atoms with Crippen LogP contribution in [-0.4, -0.2) is 41.3 Å². The van der Waals surface area contributed by atoms with Gasteiger partial charge in [0.05, 0.1) is 12.1 Å². The highest BCUT2D eigenvalue weighted by Crippen LogP contribution is 2.04. The van der Waals surface area contributed by atoms with Crippen molar-refractivity contribution in [2.45, 2.75) is 18.2 Å². The molecular formula is C5H9NO3. The van der Waals surface area contributed by atoms with Crippen molar-refractivity contribution >= 4 is 6.29 Å². The van der Waals surface area contributed by atoms with Gasteiger partial charge in [-0.05, 0) is 0 Å². The molecule has 1 rings (SSSR count). The molecule has 0 aromatic carbocycles. The van der Waals surface area contributed by atoms with Crippen molar-refractivity contribution in [3.63, 3.8) is 0 Å². The molecule has 1 saturated heterocycles. The molecule has 0 aromatic heterocycles. The molecule has 0 amide bonds. The highest BCUT2D eigenvalue weighted by Gasteiger charge is 2.32. The van der Waals surface area contributed by atoms with Gasteiger partial charge in [-0.25, -0.2) is 0 Å². The molecule has 0 aliphatic carbocycles. The Balaban J connectivity index is 2.50. The molecule has 3 N–H and O–H groups in total. The second-order valence-electron chi connectivity index (χ2n) is 2.13. The van der Waals surface area contributed by atoms with Crippen molar-refractivity contribution in [2.75, 3.05) is 6.54 Å². The van der Waals surface area contributed by atoms with E-state index in [-0.39, 0.29) is 0 Å². The summed E-state index contributed by atoms with van der Waals surface area (Å²) in [5.74, 6) is 0. The van der Waals surface area contributed by atoms with Crippen LogP contribution >= 0.6 is 0 Å². The summed E-state index contributed by atoms with van der Waals surface area (Å²) in [6.07, 6.45) is -1.12. The maximum Gasteiger partial charge on any atom is 0.139 e. The van der Waals surface area contributed by atoms with Crippen molar-refractivity contribution < 1.29 is 15.0 Å². The number of hydrogen-bond donors (Lipinski definition) is 3. The molecule has 3 atom stereocenters. The first-order valence-corrected chi connectivity index (χ1v) is 2.80. The first-order chi connectivity index (χ1) is 4.25. The molecular weight excluding hydrogens is 122 g/mol.